The fourth-order valence-electron chi connectivity index (χ4n) is 2.74. The van der Waals surface area contributed by atoms with Crippen LogP contribution in [0.25, 0.3) is 0 Å². The standard InChI is InChI=1S/C17H19NO2/c1-11-7-8-14(15(9-11)19-2)20-16-10-12-5-3-4-6-13(12)17(16)18/h3-9,16-17H,10,18H2,1-2H3. The first kappa shape index (κ1) is 13.0. The van der Waals surface area contributed by atoms with Crippen molar-refractivity contribution in [1.29, 1.82) is 0 Å². The number of benzene rings is 2. The zero-order valence-electron chi connectivity index (χ0n) is 11.8. The Balaban J connectivity index is 1.84. The van der Waals surface area contributed by atoms with Gasteiger partial charge in [-0.1, -0.05) is 30.3 Å². The fourth-order valence-corrected chi connectivity index (χ4v) is 2.74. The summed E-state index contributed by atoms with van der Waals surface area (Å²) in [6, 6.07) is 14.1. The molecule has 0 spiro atoms. The summed E-state index contributed by atoms with van der Waals surface area (Å²) in [5, 5.41) is 0. The molecule has 2 unspecified atom stereocenters. The molecule has 0 aromatic heterocycles. The average molecular weight is 269 g/mol. The molecule has 104 valence electrons. The minimum absolute atomic E-state index is 0.0380. The Hall–Kier alpha value is -2.00. The van der Waals surface area contributed by atoms with Crippen molar-refractivity contribution in [3.05, 3.63) is 59.2 Å². The monoisotopic (exact) mass is 269 g/mol. The van der Waals surface area contributed by atoms with Crippen molar-refractivity contribution in [1.82, 2.24) is 0 Å². The first-order chi connectivity index (χ1) is 9.69. The molecular weight excluding hydrogens is 250 g/mol. The molecule has 2 aromatic rings. The predicted molar refractivity (Wildman–Crippen MR) is 79.2 cm³/mol. The fraction of sp³-hybridized carbons (Fsp3) is 0.294. The zero-order valence-corrected chi connectivity index (χ0v) is 11.8. The van der Waals surface area contributed by atoms with E-state index in [4.69, 9.17) is 15.2 Å². The third-order valence-corrected chi connectivity index (χ3v) is 3.83. The molecule has 0 bridgehead atoms. The normalized spacial score (nSPS) is 20.6. The Morgan fingerprint density at radius 2 is 1.90 bits per heavy atom. The largest absolute Gasteiger partial charge is 0.493 e. The molecule has 0 radical (unpaired) electrons. The maximum absolute atomic E-state index is 6.29. The number of fused-ring (bicyclic) bond motifs is 1. The van der Waals surface area contributed by atoms with E-state index in [1.807, 2.05) is 37.3 Å². The second-order valence-corrected chi connectivity index (χ2v) is 5.24. The van der Waals surface area contributed by atoms with Crippen LogP contribution in [0.2, 0.25) is 0 Å². The van der Waals surface area contributed by atoms with Gasteiger partial charge in [0.2, 0.25) is 0 Å². The van der Waals surface area contributed by atoms with Crippen LogP contribution in [-0.2, 0) is 6.42 Å². The second-order valence-electron chi connectivity index (χ2n) is 5.24. The molecule has 2 aromatic carbocycles. The Morgan fingerprint density at radius 3 is 2.65 bits per heavy atom. The summed E-state index contributed by atoms with van der Waals surface area (Å²) >= 11 is 0. The Morgan fingerprint density at radius 1 is 1.10 bits per heavy atom. The van der Waals surface area contributed by atoms with Gasteiger partial charge in [-0.05, 0) is 35.7 Å². The van der Waals surface area contributed by atoms with E-state index in [2.05, 4.69) is 12.1 Å². The van der Waals surface area contributed by atoms with Crippen molar-refractivity contribution in [2.24, 2.45) is 5.73 Å². The predicted octanol–water partition coefficient (Wildman–Crippen LogP) is 3.01. The highest BCUT2D eigenvalue weighted by Gasteiger charge is 2.31. The third-order valence-electron chi connectivity index (χ3n) is 3.83. The topological polar surface area (TPSA) is 44.5 Å². The first-order valence-corrected chi connectivity index (χ1v) is 6.83. The summed E-state index contributed by atoms with van der Waals surface area (Å²) in [5.74, 6) is 1.51. The summed E-state index contributed by atoms with van der Waals surface area (Å²) in [4.78, 5) is 0. The number of hydrogen-bond acceptors (Lipinski definition) is 3. The van der Waals surface area contributed by atoms with Crippen LogP contribution in [-0.4, -0.2) is 13.2 Å². The van der Waals surface area contributed by atoms with Gasteiger partial charge in [-0.2, -0.15) is 0 Å². The smallest absolute Gasteiger partial charge is 0.161 e. The van der Waals surface area contributed by atoms with Crippen molar-refractivity contribution in [2.75, 3.05) is 7.11 Å². The number of rotatable bonds is 3. The van der Waals surface area contributed by atoms with Gasteiger partial charge in [0, 0.05) is 6.42 Å². The SMILES string of the molecule is COc1cc(C)ccc1OC1Cc2ccccc2C1N. The molecule has 0 heterocycles. The lowest BCUT2D eigenvalue weighted by molar-refractivity contribution is 0.177. The lowest BCUT2D eigenvalue weighted by Crippen LogP contribution is -2.28. The molecule has 0 saturated heterocycles. The van der Waals surface area contributed by atoms with Gasteiger partial charge in [0.1, 0.15) is 6.10 Å². The number of aryl methyl sites for hydroxylation is 1. The Labute approximate surface area is 119 Å². The summed E-state index contributed by atoms with van der Waals surface area (Å²) in [6.07, 6.45) is 0.804. The van der Waals surface area contributed by atoms with Crippen LogP contribution >= 0.6 is 0 Å². The first-order valence-electron chi connectivity index (χ1n) is 6.83. The van der Waals surface area contributed by atoms with Crippen LogP contribution in [0.5, 0.6) is 11.5 Å². The zero-order chi connectivity index (χ0) is 14.1. The van der Waals surface area contributed by atoms with Gasteiger partial charge in [0.15, 0.2) is 11.5 Å². The van der Waals surface area contributed by atoms with Gasteiger partial charge >= 0.3 is 0 Å². The quantitative estimate of drug-likeness (QED) is 0.931. The maximum atomic E-state index is 6.29. The minimum atomic E-state index is -0.0859. The molecular formula is C17H19NO2. The molecule has 20 heavy (non-hydrogen) atoms. The van der Waals surface area contributed by atoms with E-state index in [-0.39, 0.29) is 12.1 Å². The molecule has 2 atom stereocenters. The van der Waals surface area contributed by atoms with Gasteiger partial charge in [-0.25, -0.2) is 0 Å². The van der Waals surface area contributed by atoms with Crippen molar-refractivity contribution in [2.45, 2.75) is 25.5 Å². The molecule has 3 rings (SSSR count). The van der Waals surface area contributed by atoms with Crippen molar-refractivity contribution in [3.63, 3.8) is 0 Å². The number of hydrogen-bond donors (Lipinski definition) is 1. The molecule has 0 fully saturated rings. The van der Waals surface area contributed by atoms with Gasteiger partial charge in [-0.15, -0.1) is 0 Å². The molecule has 0 amide bonds. The second kappa shape index (κ2) is 5.17. The van der Waals surface area contributed by atoms with E-state index < -0.39 is 0 Å². The summed E-state index contributed by atoms with van der Waals surface area (Å²) in [5.41, 5.74) is 9.90. The van der Waals surface area contributed by atoms with E-state index >= 15 is 0 Å². The molecule has 3 heteroatoms. The van der Waals surface area contributed by atoms with Gasteiger partial charge in [-0.3, -0.25) is 0 Å². The van der Waals surface area contributed by atoms with Crippen LogP contribution in [0.1, 0.15) is 22.7 Å². The number of methoxy groups -OCH3 is 1. The highest BCUT2D eigenvalue weighted by molar-refractivity contribution is 5.44. The molecule has 1 aliphatic carbocycles. The third kappa shape index (κ3) is 2.25. The number of ether oxygens (including phenoxy) is 2. The Kier molecular flexibility index (Phi) is 3.36. The van der Waals surface area contributed by atoms with Gasteiger partial charge < -0.3 is 15.2 Å². The Bertz CT molecular complexity index is 624. The summed E-state index contributed by atoms with van der Waals surface area (Å²) in [6.45, 7) is 2.03. The van der Waals surface area contributed by atoms with E-state index in [0.717, 1.165) is 23.5 Å². The molecule has 2 N–H and O–H groups in total. The molecule has 0 aliphatic heterocycles. The lowest BCUT2D eigenvalue weighted by Gasteiger charge is -2.20. The van der Waals surface area contributed by atoms with E-state index in [0.29, 0.717) is 0 Å². The van der Waals surface area contributed by atoms with Crippen LogP contribution in [0.3, 0.4) is 0 Å². The van der Waals surface area contributed by atoms with E-state index in [1.54, 1.807) is 7.11 Å². The average Bonchev–Trinajstić information content (AvgIpc) is 2.78. The lowest BCUT2D eigenvalue weighted by atomic mass is 10.1. The van der Waals surface area contributed by atoms with Crippen LogP contribution in [0.15, 0.2) is 42.5 Å². The van der Waals surface area contributed by atoms with Gasteiger partial charge in [0.05, 0.1) is 13.2 Å². The van der Waals surface area contributed by atoms with E-state index in [1.165, 1.54) is 11.1 Å². The summed E-state index contributed by atoms with van der Waals surface area (Å²) < 4.78 is 11.5. The van der Waals surface area contributed by atoms with Crippen molar-refractivity contribution >= 4 is 0 Å². The van der Waals surface area contributed by atoms with E-state index in [9.17, 15) is 0 Å². The van der Waals surface area contributed by atoms with Crippen LogP contribution < -0.4 is 15.2 Å². The van der Waals surface area contributed by atoms with Crippen molar-refractivity contribution in [3.8, 4) is 11.5 Å². The summed E-state index contributed by atoms with van der Waals surface area (Å²) in [7, 11) is 1.66. The number of nitrogens with two attached hydrogens (primary N) is 1. The van der Waals surface area contributed by atoms with Crippen molar-refractivity contribution < 1.29 is 9.47 Å². The molecule has 3 nitrogen and oxygen atoms in total. The highest BCUT2D eigenvalue weighted by Crippen LogP contribution is 2.35. The van der Waals surface area contributed by atoms with Crippen LogP contribution in [0, 0.1) is 6.92 Å². The molecule has 1 aliphatic rings. The highest BCUT2D eigenvalue weighted by atomic mass is 16.5. The van der Waals surface area contributed by atoms with Crippen LogP contribution in [0.4, 0.5) is 0 Å². The van der Waals surface area contributed by atoms with Gasteiger partial charge in [0.25, 0.3) is 0 Å². The minimum Gasteiger partial charge on any atom is -0.493 e. The maximum Gasteiger partial charge on any atom is 0.161 e. The molecule has 0 saturated carbocycles.